The zero-order chi connectivity index (χ0) is 18.4. The average Bonchev–Trinajstić information content (AvgIpc) is 3.25. The van der Waals surface area contributed by atoms with Crippen molar-refractivity contribution < 1.29 is 0 Å². The van der Waals surface area contributed by atoms with Crippen LogP contribution in [0.4, 0.5) is 0 Å². The Bertz CT molecular complexity index is 736. The molecule has 2 aromatic rings. The van der Waals surface area contributed by atoms with Crippen LogP contribution in [-0.4, -0.2) is 49.9 Å². The summed E-state index contributed by atoms with van der Waals surface area (Å²) < 4.78 is 4.23. The predicted molar refractivity (Wildman–Crippen MR) is 118 cm³/mol. The fraction of sp³-hybridized carbons (Fsp3) is 0.667. The molecular weight excluding hydrogens is 455 g/mol. The van der Waals surface area contributed by atoms with Gasteiger partial charge in [0.05, 0.1) is 6.54 Å². The van der Waals surface area contributed by atoms with Gasteiger partial charge in [-0.2, -0.15) is 5.10 Å². The quantitative estimate of drug-likeness (QED) is 0.271. The molecule has 1 aliphatic rings. The van der Waals surface area contributed by atoms with Gasteiger partial charge in [-0.15, -0.1) is 24.0 Å². The monoisotopic (exact) mass is 486 g/mol. The number of guanidine groups is 1. The molecule has 0 aliphatic carbocycles. The van der Waals surface area contributed by atoms with Gasteiger partial charge in [0.2, 0.25) is 0 Å². The second-order valence-electron chi connectivity index (χ2n) is 6.73. The molecular formula is C18H31IN8. The zero-order valence-corrected chi connectivity index (χ0v) is 18.8. The Morgan fingerprint density at radius 3 is 2.93 bits per heavy atom. The lowest BCUT2D eigenvalue weighted by Gasteiger charge is -2.25. The smallest absolute Gasteiger partial charge is 0.191 e. The standard InChI is InChI=1S/C18H30N8.HI/c1-4-16-23-17-8-7-15(13-26(17)24-16)22-18(19-3)21-9-5-6-11-25-12-10-20-14(25)2;/h10,12,15H,4-9,11,13H2,1-3H3,(H2,19,21,22);1H. The van der Waals surface area contributed by atoms with E-state index in [4.69, 9.17) is 0 Å². The van der Waals surface area contributed by atoms with E-state index in [2.05, 4.69) is 42.2 Å². The average molecular weight is 486 g/mol. The Morgan fingerprint density at radius 1 is 1.37 bits per heavy atom. The molecule has 0 saturated heterocycles. The van der Waals surface area contributed by atoms with Crippen molar-refractivity contribution in [3.8, 4) is 0 Å². The Hall–Kier alpha value is -1.65. The second kappa shape index (κ2) is 10.6. The lowest BCUT2D eigenvalue weighted by molar-refractivity contribution is 0.392. The van der Waals surface area contributed by atoms with Gasteiger partial charge in [0.25, 0.3) is 0 Å². The summed E-state index contributed by atoms with van der Waals surface area (Å²) in [6.07, 6.45) is 9.01. The van der Waals surface area contributed by atoms with E-state index in [0.29, 0.717) is 6.04 Å². The lowest BCUT2D eigenvalue weighted by atomic mass is 10.1. The minimum atomic E-state index is 0. The van der Waals surface area contributed by atoms with Crippen molar-refractivity contribution in [3.05, 3.63) is 29.9 Å². The van der Waals surface area contributed by atoms with Gasteiger partial charge in [-0.3, -0.25) is 4.99 Å². The fourth-order valence-corrected chi connectivity index (χ4v) is 3.27. The van der Waals surface area contributed by atoms with Gasteiger partial charge in [-0.25, -0.2) is 14.6 Å². The van der Waals surface area contributed by atoms with Gasteiger partial charge in [0.15, 0.2) is 11.8 Å². The Kier molecular flexibility index (Phi) is 8.52. The third kappa shape index (κ3) is 5.91. The number of unbranched alkanes of at least 4 members (excludes halogenated alkanes) is 1. The first-order valence-electron chi connectivity index (χ1n) is 9.57. The molecule has 3 heterocycles. The van der Waals surface area contributed by atoms with Crippen molar-refractivity contribution in [2.24, 2.45) is 4.99 Å². The van der Waals surface area contributed by atoms with Crippen LogP contribution >= 0.6 is 24.0 Å². The van der Waals surface area contributed by atoms with E-state index in [9.17, 15) is 0 Å². The van der Waals surface area contributed by atoms with Crippen LogP contribution in [0, 0.1) is 6.92 Å². The topological polar surface area (TPSA) is 85.0 Å². The number of nitrogens with zero attached hydrogens (tertiary/aromatic N) is 6. The first-order chi connectivity index (χ1) is 12.7. The van der Waals surface area contributed by atoms with E-state index in [1.807, 2.05) is 31.0 Å². The first kappa shape index (κ1) is 21.6. The number of hydrogen-bond donors (Lipinski definition) is 2. The number of hydrogen-bond acceptors (Lipinski definition) is 4. The van der Waals surface area contributed by atoms with Crippen molar-refractivity contribution >= 4 is 29.9 Å². The largest absolute Gasteiger partial charge is 0.356 e. The maximum atomic E-state index is 4.57. The molecule has 2 N–H and O–H groups in total. The molecule has 2 aromatic heterocycles. The van der Waals surface area contributed by atoms with Crippen LogP contribution in [0.1, 0.15) is 43.7 Å². The number of aryl methyl sites for hydroxylation is 4. The number of rotatable bonds is 7. The molecule has 27 heavy (non-hydrogen) atoms. The number of aliphatic imine (C=N–C) groups is 1. The molecule has 0 bridgehead atoms. The highest BCUT2D eigenvalue weighted by Gasteiger charge is 2.21. The summed E-state index contributed by atoms with van der Waals surface area (Å²) in [6.45, 7) is 6.91. The maximum Gasteiger partial charge on any atom is 0.191 e. The summed E-state index contributed by atoms with van der Waals surface area (Å²) in [4.78, 5) is 13.2. The number of halogens is 1. The molecule has 3 rings (SSSR count). The third-order valence-corrected chi connectivity index (χ3v) is 4.82. The number of nitrogens with one attached hydrogen (secondary N) is 2. The maximum absolute atomic E-state index is 4.57. The van der Waals surface area contributed by atoms with E-state index in [0.717, 1.165) is 75.2 Å². The van der Waals surface area contributed by atoms with E-state index in [-0.39, 0.29) is 24.0 Å². The van der Waals surface area contributed by atoms with Crippen LogP contribution in [0.3, 0.4) is 0 Å². The minimum Gasteiger partial charge on any atom is -0.356 e. The summed E-state index contributed by atoms with van der Waals surface area (Å²) >= 11 is 0. The minimum absolute atomic E-state index is 0. The van der Waals surface area contributed by atoms with Gasteiger partial charge < -0.3 is 15.2 Å². The predicted octanol–water partition coefficient (Wildman–Crippen LogP) is 1.92. The second-order valence-corrected chi connectivity index (χ2v) is 6.73. The number of aromatic nitrogens is 5. The first-order valence-corrected chi connectivity index (χ1v) is 9.57. The van der Waals surface area contributed by atoms with Crippen molar-refractivity contribution in [3.63, 3.8) is 0 Å². The highest BCUT2D eigenvalue weighted by Crippen LogP contribution is 2.13. The molecule has 0 spiro atoms. The van der Waals surface area contributed by atoms with Crippen molar-refractivity contribution in [1.82, 2.24) is 34.9 Å². The molecule has 0 aromatic carbocycles. The van der Waals surface area contributed by atoms with Gasteiger partial charge in [-0.05, 0) is 26.2 Å². The fourth-order valence-electron chi connectivity index (χ4n) is 3.27. The highest BCUT2D eigenvalue weighted by molar-refractivity contribution is 14.0. The molecule has 9 heteroatoms. The lowest BCUT2D eigenvalue weighted by Crippen LogP contribution is -2.47. The molecule has 150 valence electrons. The molecule has 1 atom stereocenters. The van der Waals surface area contributed by atoms with Crippen LogP contribution < -0.4 is 10.6 Å². The summed E-state index contributed by atoms with van der Waals surface area (Å²) in [5, 5.41) is 11.5. The Labute approximate surface area is 178 Å². The third-order valence-electron chi connectivity index (χ3n) is 4.82. The van der Waals surface area contributed by atoms with Gasteiger partial charge in [0.1, 0.15) is 11.6 Å². The molecule has 0 saturated carbocycles. The SMILES string of the molecule is CCc1nc2n(n1)CC(NC(=NC)NCCCCn1ccnc1C)CC2.I. The molecule has 0 amide bonds. The summed E-state index contributed by atoms with van der Waals surface area (Å²) in [5.41, 5.74) is 0. The van der Waals surface area contributed by atoms with E-state index >= 15 is 0 Å². The highest BCUT2D eigenvalue weighted by atomic mass is 127. The van der Waals surface area contributed by atoms with Crippen LogP contribution in [0.2, 0.25) is 0 Å². The van der Waals surface area contributed by atoms with E-state index in [1.165, 1.54) is 0 Å². The summed E-state index contributed by atoms with van der Waals surface area (Å²) in [6, 6.07) is 0.341. The van der Waals surface area contributed by atoms with Crippen molar-refractivity contribution in [2.45, 2.75) is 65.1 Å². The summed E-state index contributed by atoms with van der Waals surface area (Å²) in [7, 11) is 1.82. The molecule has 0 fully saturated rings. The normalized spacial score (nSPS) is 16.6. The van der Waals surface area contributed by atoms with E-state index < -0.39 is 0 Å². The zero-order valence-electron chi connectivity index (χ0n) is 16.5. The van der Waals surface area contributed by atoms with Crippen LogP contribution in [-0.2, 0) is 25.9 Å². The van der Waals surface area contributed by atoms with Crippen LogP contribution in [0.25, 0.3) is 0 Å². The Balaban J connectivity index is 0.00000261. The summed E-state index contributed by atoms with van der Waals surface area (Å²) in [5.74, 6) is 3.99. The van der Waals surface area contributed by atoms with Gasteiger partial charge >= 0.3 is 0 Å². The molecule has 1 unspecified atom stereocenters. The van der Waals surface area contributed by atoms with Crippen LogP contribution in [0.15, 0.2) is 17.4 Å². The Morgan fingerprint density at radius 2 is 2.22 bits per heavy atom. The molecule has 0 radical (unpaired) electrons. The van der Waals surface area contributed by atoms with Crippen LogP contribution in [0.5, 0.6) is 0 Å². The number of fused-ring (bicyclic) bond motifs is 1. The molecule has 1 aliphatic heterocycles. The van der Waals surface area contributed by atoms with Crippen molar-refractivity contribution in [1.29, 1.82) is 0 Å². The van der Waals surface area contributed by atoms with Gasteiger partial charge in [-0.1, -0.05) is 6.92 Å². The van der Waals surface area contributed by atoms with Crippen molar-refractivity contribution in [2.75, 3.05) is 13.6 Å². The number of imidazole rings is 1. The van der Waals surface area contributed by atoms with Gasteiger partial charge in [0, 0.05) is 51.4 Å². The molecule has 8 nitrogen and oxygen atoms in total. The van der Waals surface area contributed by atoms with E-state index in [1.54, 1.807) is 0 Å².